The van der Waals surface area contributed by atoms with E-state index in [-0.39, 0.29) is 11.7 Å². The second-order valence-corrected chi connectivity index (χ2v) is 8.05. The van der Waals surface area contributed by atoms with E-state index >= 15 is 0 Å². The predicted octanol–water partition coefficient (Wildman–Crippen LogP) is 4.64. The number of nitrogens with one attached hydrogen (secondary N) is 1. The van der Waals surface area contributed by atoms with Gasteiger partial charge in [0, 0.05) is 11.0 Å². The Kier molecular flexibility index (Phi) is 6.00. The molecule has 0 saturated heterocycles. The number of nitriles is 1. The fourth-order valence-electron chi connectivity index (χ4n) is 3.14. The molecule has 146 valence electrons. The number of thiophene rings is 1. The summed E-state index contributed by atoms with van der Waals surface area (Å²) in [7, 11) is 0. The Morgan fingerprint density at radius 2 is 2.07 bits per heavy atom. The minimum atomic E-state index is -0.575. The number of amides is 1. The lowest BCUT2D eigenvalue weighted by atomic mass is 9.95. The second kappa shape index (κ2) is 8.44. The van der Waals surface area contributed by atoms with Gasteiger partial charge in [0.1, 0.15) is 28.2 Å². The maximum atomic E-state index is 12.7. The summed E-state index contributed by atoms with van der Waals surface area (Å²) in [5.74, 6) is 0.102. The van der Waals surface area contributed by atoms with Crippen molar-refractivity contribution in [3.63, 3.8) is 0 Å². The summed E-state index contributed by atoms with van der Waals surface area (Å²) >= 11 is 1.39. The zero-order valence-corrected chi connectivity index (χ0v) is 16.9. The zero-order valence-electron chi connectivity index (χ0n) is 16.1. The Labute approximate surface area is 167 Å². The fourth-order valence-corrected chi connectivity index (χ4v) is 4.41. The Morgan fingerprint density at radius 3 is 2.71 bits per heavy atom. The molecule has 2 aromatic heterocycles. The van der Waals surface area contributed by atoms with E-state index in [1.807, 2.05) is 6.07 Å². The number of esters is 1. The van der Waals surface area contributed by atoms with E-state index in [0.29, 0.717) is 22.1 Å². The van der Waals surface area contributed by atoms with Crippen LogP contribution in [0.15, 0.2) is 22.1 Å². The fraction of sp³-hybridized carbons (Fsp3) is 0.381. The highest BCUT2D eigenvalue weighted by molar-refractivity contribution is 7.17. The summed E-state index contributed by atoms with van der Waals surface area (Å²) in [6.07, 6.45) is 4.86. The molecule has 1 N–H and O–H groups in total. The van der Waals surface area contributed by atoms with Gasteiger partial charge in [0.25, 0.3) is 5.91 Å². The van der Waals surface area contributed by atoms with Crippen molar-refractivity contribution < 1.29 is 18.7 Å². The summed E-state index contributed by atoms with van der Waals surface area (Å²) < 4.78 is 10.8. The molecular formula is C21H22N2O4S. The third-order valence-electron chi connectivity index (χ3n) is 4.36. The molecule has 6 nitrogen and oxygen atoms in total. The van der Waals surface area contributed by atoms with Crippen LogP contribution in [0.1, 0.15) is 59.0 Å². The summed E-state index contributed by atoms with van der Waals surface area (Å²) in [5, 5.41) is 12.6. The minimum Gasteiger partial charge on any atom is -0.462 e. The van der Waals surface area contributed by atoms with Gasteiger partial charge in [-0.2, -0.15) is 5.26 Å². The summed E-state index contributed by atoms with van der Waals surface area (Å²) in [6.45, 7) is 5.36. The molecule has 0 unspecified atom stereocenters. The lowest BCUT2D eigenvalue weighted by Gasteiger charge is -2.14. The van der Waals surface area contributed by atoms with Crippen LogP contribution in [0.25, 0.3) is 6.08 Å². The number of ether oxygens (including phenoxy) is 1. The van der Waals surface area contributed by atoms with E-state index in [1.165, 1.54) is 17.4 Å². The second-order valence-electron chi connectivity index (χ2n) is 6.94. The number of carbonyl (C=O) groups is 2. The largest absolute Gasteiger partial charge is 0.462 e. The van der Waals surface area contributed by atoms with Gasteiger partial charge in [0.2, 0.25) is 0 Å². The zero-order chi connectivity index (χ0) is 20.3. The summed E-state index contributed by atoms with van der Waals surface area (Å²) in [4.78, 5) is 26.4. The molecule has 0 spiro atoms. The van der Waals surface area contributed by atoms with Crippen molar-refractivity contribution in [3.8, 4) is 6.07 Å². The van der Waals surface area contributed by atoms with Crippen molar-refractivity contribution in [2.75, 3.05) is 5.32 Å². The van der Waals surface area contributed by atoms with Crippen molar-refractivity contribution in [2.24, 2.45) is 0 Å². The summed E-state index contributed by atoms with van der Waals surface area (Å²) in [5.41, 5.74) is 1.29. The highest BCUT2D eigenvalue weighted by Crippen LogP contribution is 2.39. The molecule has 3 rings (SSSR count). The van der Waals surface area contributed by atoms with Crippen LogP contribution in [0.5, 0.6) is 0 Å². The molecule has 1 amide bonds. The van der Waals surface area contributed by atoms with E-state index in [1.54, 1.807) is 32.9 Å². The molecule has 0 radical (unpaired) electrons. The minimum absolute atomic E-state index is 0.0936. The van der Waals surface area contributed by atoms with Crippen molar-refractivity contribution in [1.29, 1.82) is 5.26 Å². The average molecular weight is 398 g/mol. The molecule has 2 aromatic rings. The number of hydrogen-bond donors (Lipinski definition) is 1. The number of aryl methyl sites for hydroxylation is 2. The van der Waals surface area contributed by atoms with Gasteiger partial charge in [-0.1, -0.05) is 0 Å². The van der Waals surface area contributed by atoms with Gasteiger partial charge in [-0.25, -0.2) is 4.79 Å². The van der Waals surface area contributed by atoms with Crippen LogP contribution in [0.2, 0.25) is 0 Å². The number of rotatable bonds is 5. The Balaban J connectivity index is 1.91. The molecule has 0 aromatic carbocycles. The van der Waals surface area contributed by atoms with E-state index in [9.17, 15) is 14.9 Å². The topological polar surface area (TPSA) is 92.3 Å². The first kappa shape index (κ1) is 19.9. The van der Waals surface area contributed by atoms with Crippen LogP contribution >= 0.6 is 11.3 Å². The highest BCUT2D eigenvalue weighted by atomic mass is 32.1. The van der Waals surface area contributed by atoms with Gasteiger partial charge in [-0.05, 0) is 64.2 Å². The lowest BCUT2D eigenvalue weighted by Crippen LogP contribution is -2.18. The third kappa shape index (κ3) is 4.34. The van der Waals surface area contributed by atoms with Crippen molar-refractivity contribution in [3.05, 3.63) is 45.2 Å². The molecule has 7 heteroatoms. The number of hydrogen-bond acceptors (Lipinski definition) is 6. The van der Waals surface area contributed by atoms with Gasteiger partial charge < -0.3 is 14.5 Å². The van der Waals surface area contributed by atoms with Crippen LogP contribution < -0.4 is 5.32 Å². The molecule has 0 fully saturated rings. The van der Waals surface area contributed by atoms with Gasteiger partial charge in [0.05, 0.1) is 11.7 Å². The molecule has 1 aliphatic rings. The van der Waals surface area contributed by atoms with E-state index in [0.717, 1.165) is 36.1 Å². The van der Waals surface area contributed by atoms with E-state index in [4.69, 9.17) is 9.15 Å². The van der Waals surface area contributed by atoms with Crippen LogP contribution in [0.3, 0.4) is 0 Å². The van der Waals surface area contributed by atoms with Crippen LogP contribution in [0.4, 0.5) is 5.00 Å². The predicted molar refractivity (Wildman–Crippen MR) is 107 cm³/mol. The monoisotopic (exact) mass is 398 g/mol. The third-order valence-corrected chi connectivity index (χ3v) is 5.57. The van der Waals surface area contributed by atoms with E-state index in [2.05, 4.69) is 5.32 Å². The molecular weight excluding hydrogens is 376 g/mol. The molecule has 0 saturated carbocycles. The molecule has 0 aliphatic heterocycles. The molecule has 1 aliphatic carbocycles. The Bertz CT molecular complexity index is 975. The molecule has 2 heterocycles. The first-order chi connectivity index (χ1) is 13.4. The Hall–Kier alpha value is -2.85. The first-order valence-corrected chi connectivity index (χ1v) is 10.1. The summed E-state index contributed by atoms with van der Waals surface area (Å²) in [6, 6.07) is 5.35. The standard InChI is InChI=1S/C21H22N2O4S/c1-12(2)26-21(25)18-16-6-4-5-7-17(16)28-20(18)23-19(24)14(11-22)10-15-9-8-13(3)27-15/h8-10,12H,4-7H2,1-3H3,(H,23,24)/b14-10+. The van der Waals surface area contributed by atoms with Crippen LogP contribution in [0, 0.1) is 18.3 Å². The number of carbonyl (C=O) groups excluding carboxylic acids is 2. The number of furan rings is 1. The smallest absolute Gasteiger partial charge is 0.341 e. The highest BCUT2D eigenvalue weighted by Gasteiger charge is 2.28. The SMILES string of the molecule is Cc1ccc(/C=C(\C#N)C(=O)Nc2sc3c(c2C(=O)OC(C)C)CCCC3)o1. The van der Waals surface area contributed by atoms with Gasteiger partial charge in [-0.3, -0.25) is 4.79 Å². The van der Waals surface area contributed by atoms with Gasteiger partial charge >= 0.3 is 5.97 Å². The van der Waals surface area contributed by atoms with Crippen molar-refractivity contribution in [1.82, 2.24) is 0 Å². The lowest BCUT2D eigenvalue weighted by molar-refractivity contribution is -0.112. The van der Waals surface area contributed by atoms with Crippen molar-refractivity contribution >= 4 is 34.3 Å². The van der Waals surface area contributed by atoms with E-state index < -0.39 is 11.9 Å². The molecule has 28 heavy (non-hydrogen) atoms. The first-order valence-electron chi connectivity index (χ1n) is 9.24. The molecule has 0 bridgehead atoms. The van der Waals surface area contributed by atoms with Crippen LogP contribution in [-0.4, -0.2) is 18.0 Å². The normalized spacial score (nSPS) is 13.8. The quantitative estimate of drug-likeness (QED) is 0.450. The van der Waals surface area contributed by atoms with Crippen LogP contribution in [-0.2, 0) is 22.4 Å². The van der Waals surface area contributed by atoms with Crippen molar-refractivity contribution in [2.45, 2.75) is 52.6 Å². The number of anilines is 1. The maximum absolute atomic E-state index is 12.7. The molecule has 0 atom stereocenters. The van der Waals surface area contributed by atoms with Gasteiger partial charge in [0.15, 0.2) is 0 Å². The number of fused-ring (bicyclic) bond motifs is 1. The Morgan fingerprint density at radius 1 is 1.32 bits per heavy atom. The number of nitrogens with zero attached hydrogens (tertiary/aromatic N) is 1. The maximum Gasteiger partial charge on any atom is 0.341 e. The average Bonchev–Trinajstić information content (AvgIpc) is 3.21. The van der Waals surface area contributed by atoms with Gasteiger partial charge in [-0.15, -0.1) is 11.3 Å².